The van der Waals surface area contributed by atoms with E-state index in [0.717, 1.165) is 29.2 Å². The van der Waals surface area contributed by atoms with Crippen LogP contribution in [-0.2, 0) is 17.8 Å². The minimum absolute atomic E-state index is 0.0204. The largest absolute Gasteiger partial charge is 0.326 e. The predicted octanol–water partition coefficient (Wildman–Crippen LogP) is 2.93. The van der Waals surface area contributed by atoms with E-state index >= 15 is 0 Å². The Morgan fingerprint density at radius 3 is 2.96 bits per heavy atom. The van der Waals surface area contributed by atoms with Gasteiger partial charge in [-0.3, -0.25) is 9.78 Å². The van der Waals surface area contributed by atoms with E-state index in [4.69, 9.17) is 0 Å². The van der Waals surface area contributed by atoms with E-state index in [1.807, 2.05) is 47.9 Å². The monoisotopic (exact) mass is 321 g/mol. The molecule has 24 heavy (non-hydrogen) atoms. The Bertz CT molecular complexity index is 813. The van der Waals surface area contributed by atoms with Crippen molar-refractivity contribution < 1.29 is 4.79 Å². The summed E-state index contributed by atoms with van der Waals surface area (Å²) >= 11 is 0. The van der Waals surface area contributed by atoms with E-state index in [1.165, 1.54) is 0 Å². The number of pyridine rings is 1. The van der Waals surface area contributed by atoms with Gasteiger partial charge in [0.1, 0.15) is 6.33 Å². The summed E-state index contributed by atoms with van der Waals surface area (Å²) in [5, 5.41) is 11.0. The number of carbonyl (C=O) groups is 1. The van der Waals surface area contributed by atoms with Crippen molar-refractivity contribution in [3.63, 3.8) is 0 Å². The number of nitrogens with zero attached hydrogens (tertiary/aromatic N) is 4. The quantitative estimate of drug-likeness (QED) is 0.757. The molecule has 2 aromatic heterocycles. The van der Waals surface area contributed by atoms with E-state index in [1.54, 1.807) is 18.7 Å². The van der Waals surface area contributed by atoms with Gasteiger partial charge >= 0.3 is 0 Å². The lowest BCUT2D eigenvalue weighted by molar-refractivity contribution is -0.116. The third kappa shape index (κ3) is 3.84. The van der Waals surface area contributed by atoms with Gasteiger partial charge in [0.25, 0.3) is 0 Å². The maximum atomic E-state index is 12.1. The number of anilines is 1. The number of hydrogen-bond donors (Lipinski definition) is 1. The van der Waals surface area contributed by atoms with Gasteiger partial charge in [-0.05, 0) is 37.1 Å². The standard InChI is InChI=1S/C18H19N5O/c1-2-23-13-20-22-18(23)15-6-3-7-16(11-15)21-17(24)9-8-14-5-4-10-19-12-14/h3-7,10-13H,2,8-9H2,1H3,(H,21,24). The Labute approximate surface area is 140 Å². The molecule has 6 heteroatoms. The van der Waals surface area contributed by atoms with Gasteiger partial charge in [-0.15, -0.1) is 10.2 Å². The molecule has 0 saturated heterocycles. The first kappa shape index (κ1) is 15.9. The van der Waals surface area contributed by atoms with Gasteiger partial charge in [0, 0.05) is 36.6 Å². The summed E-state index contributed by atoms with van der Waals surface area (Å²) in [4.78, 5) is 16.2. The van der Waals surface area contributed by atoms with Crippen LogP contribution in [-0.4, -0.2) is 25.7 Å². The lowest BCUT2D eigenvalue weighted by Gasteiger charge is -2.08. The minimum atomic E-state index is -0.0204. The van der Waals surface area contributed by atoms with E-state index in [0.29, 0.717) is 12.8 Å². The van der Waals surface area contributed by atoms with Crippen LogP contribution in [0.25, 0.3) is 11.4 Å². The van der Waals surface area contributed by atoms with E-state index in [-0.39, 0.29) is 5.91 Å². The number of rotatable bonds is 6. The van der Waals surface area contributed by atoms with Crippen LogP contribution >= 0.6 is 0 Å². The molecule has 0 saturated carbocycles. The Kier molecular flexibility index (Phi) is 4.96. The number of aromatic nitrogens is 4. The number of aryl methyl sites for hydroxylation is 2. The molecule has 0 bridgehead atoms. The summed E-state index contributed by atoms with van der Waals surface area (Å²) in [5.41, 5.74) is 2.74. The van der Waals surface area contributed by atoms with Crippen molar-refractivity contribution >= 4 is 11.6 Å². The first-order valence-corrected chi connectivity index (χ1v) is 7.93. The molecule has 0 aliphatic heterocycles. The van der Waals surface area contributed by atoms with Crippen LogP contribution in [0.15, 0.2) is 55.1 Å². The normalized spacial score (nSPS) is 10.5. The fourth-order valence-electron chi connectivity index (χ4n) is 2.47. The van der Waals surface area contributed by atoms with Crippen LogP contribution in [0, 0.1) is 0 Å². The predicted molar refractivity (Wildman–Crippen MR) is 92.3 cm³/mol. The number of benzene rings is 1. The Morgan fingerprint density at radius 1 is 1.25 bits per heavy atom. The molecule has 122 valence electrons. The van der Waals surface area contributed by atoms with Gasteiger partial charge in [0.15, 0.2) is 5.82 Å². The SMILES string of the molecule is CCn1cnnc1-c1cccc(NC(=O)CCc2cccnc2)c1. The second-order valence-electron chi connectivity index (χ2n) is 5.43. The number of amides is 1. The molecule has 3 aromatic rings. The zero-order chi connectivity index (χ0) is 16.8. The molecule has 0 radical (unpaired) electrons. The van der Waals surface area contributed by atoms with Gasteiger partial charge in [-0.1, -0.05) is 18.2 Å². The third-order valence-electron chi connectivity index (χ3n) is 3.72. The molecule has 1 aromatic carbocycles. The first-order valence-electron chi connectivity index (χ1n) is 7.93. The number of nitrogens with one attached hydrogen (secondary N) is 1. The first-order chi connectivity index (χ1) is 11.8. The third-order valence-corrected chi connectivity index (χ3v) is 3.72. The van der Waals surface area contributed by atoms with Crippen LogP contribution in [0.4, 0.5) is 5.69 Å². The van der Waals surface area contributed by atoms with E-state index in [9.17, 15) is 4.79 Å². The van der Waals surface area contributed by atoms with Gasteiger partial charge in [0.2, 0.25) is 5.91 Å². The van der Waals surface area contributed by atoms with Crippen LogP contribution in [0.5, 0.6) is 0 Å². The lowest BCUT2D eigenvalue weighted by Crippen LogP contribution is -2.12. The summed E-state index contributed by atoms with van der Waals surface area (Å²) in [6, 6.07) is 11.5. The van der Waals surface area contributed by atoms with Gasteiger partial charge in [-0.25, -0.2) is 0 Å². The van der Waals surface area contributed by atoms with Crippen LogP contribution < -0.4 is 5.32 Å². The highest BCUT2D eigenvalue weighted by molar-refractivity contribution is 5.91. The fourth-order valence-corrected chi connectivity index (χ4v) is 2.47. The van der Waals surface area contributed by atoms with Crippen molar-refractivity contribution in [2.75, 3.05) is 5.32 Å². The summed E-state index contributed by atoms with van der Waals surface area (Å²) in [6.07, 6.45) is 6.30. The fraction of sp³-hybridized carbons (Fsp3) is 0.222. The van der Waals surface area contributed by atoms with Crippen LogP contribution in [0.1, 0.15) is 18.9 Å². The molecule has 2 heterocycles. The van der Waals surface area contributed by atoms with Gasteiger partial charge in [-0.2, -0.15) is 0 Å². The Balaban J connectivity index is 1.65. The smallest absolute Gasteiger partial charge is 0.224 e. The summed E-state index contributed by atoms with van der Waals surface area (Å²) in [7, 11) is 0. The van der Waals surface area contributed by atoms with Crippen molar-refractivity contribution in [3.8, 4) is 11.4 Å². The molecule has 1 amide bonds. The highest BCUT2D eigenvalue weighted by Crippen LogP contribution is 2.21. The van der Waals surface area contributed by atoms with Crippen molar-refractivity contribution in [2.24, 2.45) is 0 Å². The topological polar surface area (TPSA) is 72.7 Å². The van der Waals surface area contributed by atoms with E-state index in [2.05, 4.69) is 20.5 Å². The summed E-state index contributed by atoms with van der Waals surface area (Å²) < 4.78 is 1.96. The van der Waals surface area contributed by atoms with Gasteiger partial charge < -0.3 is 9.88 Å². The molecule has 6 nitrogen and oxygen atoms in total. The Morgan fingerprint density at radius 2 is 2.17 bits per heavy atom. The average molecular weight is 321 g/mol. The van der Waals surface area contributed by atoms with Crippen molar-refractivity contribution in [3.05, 3.63) is 60.7 Å². The molecule has 0 unspecified atom stereocenters. The van der Waals surface area contributed by atoms with Crippen LogP contribution in [0.3, 0.4) is 0 Å². The zero-order valence-electron chi connectivity index (χ0n) is 13.5. The number of hydrogen-bond acceptors (Lipinski definition) is 4. The molecule has 3 rings (SSSR count). The molecule has 0 fully saturated rings. The second-order valence-corrected chi connectivity index (χ2v) is 5.43. The van der Waals surface area contributed by atoms with Crippen molar-refractivity contribution in [1.29, 1.82) is 0 Å². The second kappa shape index (κ2) is 7.50. The summed E-state index contributed by atoms with van der Waals surface area (Å²) in [5.74, 6) is 0.775. The zero-order valence-corrected chi connectivity index (χ0v) is 13.5. The van der Waals surface area contributed by atoms with E-state index < -0.39 is 0 Å². The van der Waals surface area contributed by atoms with Crippen LogP contribution in [0.2, 0.25) is 0 Å². The molecule has 1 N–H and O–H groups in total. The van der Waals surface area contributed by atoms with Gasteiger partial charge in [0.05, 0.1) is 0 Å². The molecule has 0 atom stereocenters. The van der Waals surface area contributed by atoms with Crippen molar-refractivity contribution in [2.45, 2.75) is 26.3 Å². The maximum absolute atomic E-state index is 12.1. The molecule has 0 spiro atoms. The highest BCUT2D eigenvalue weighted by Gasteiger charge is 2.08. The van der Waals surface area contributed by atoms with Crippen molar-refractivity contribution in [1.82, 2.24) is 19.7 Å². The molecule has 0 aliphatic rings. The molecular weight excluding hydrogens is 302 g/mol. The molecular formula is C18H19N5O. The Hall–Kier alpha value is -3.02. The lowest BCUT2D eigenvalue weighted by atomic mass is 10.1. The average Bonchev–Trinajstić information content (AvgIpc) is 3.10. The maximum Gasteiger partial charge on any atom is 0.224 e. The highest BCUT2D eigenvalue weighted by atomic mass is 16.1. The molecule has 0 aliphatic carbocycles. The number of carbonyl (C=O) groups excluding carboxylic acids is 1. The summed E-state index contributed by atoms with van der Waals surface area (Å²) in [6.45, 7) is 2.83. The minimum Gasteiger partial charge on any atom is -0.326 e.